The minimum absolute atomic E-state index is 0.0908. The van der Waals surface area contributed by atoms with Crippen molar-refractivity contribution in [2.24, 2.45) is 0 Å². The fourth-order valence-corrected chi connectivity index (χ4v) is 24.9. The molecule has 0 spiro atoms. The first-order valence-corrected chi connectivity index (χ1v) is 41.6. The molecule has 0 aliphatic heterocycles. The lowest BCUT2D eigenvalue weighted by Gasteiger charge is -2.14. The molecule has 1 nitrogen and oxygen atoms in total. The van der Waals surface area contributed by atoms with Gasteiger partial charge in [0.05, 0.1) is 14.9 Å². The molecule has 2 unspecified atom stereocenters. The van der Waals surface area contributed by atoms with Crippen molar-refractivity contribution in [1.29, 1.82) is 0 Å². The van der Waals surface area contributed by atoms with Gasteiger partial charge in [-0.2, -0.15) is 8.78 Å². The molecule has 97 heavy (non-hydrogen) atoms. The highest BCUT2D eigenvalue weighted by atomic mass is 79.9. The number of halogens is 20. The SMILES string of the molecule is CC#CC#CC(C)Br.CC#CC#CC(C)c1ccc(-c2cc(F)c(-c3cc(F)c(C(F)(F)Br)c(F)c3)c(F)c2)c(F)c1.CC(C)c1cc(F)c(Br)c(F)c1.Fc1cc(F)cc(-c2ccc(Br)cc2F)c1.Oc1ccc(-c2cc(F)c(F)c(F)c2)c(F)c1.S=S=S=S=S=S=S=S=S=S. The van der Waals surface area contributed by atoms with Crippen LogP contribution >= 0.6 is 63.7 Å². The first-order valence-electron chi connectivity index (χ1n) is 26.3. The Morgan fingerprint density at radius 3 is 1.26 bits per heavy atom. The average Bonchev–Trinajstić information content (AvgIpc) is 0.776. The highest BCUT2D eigenvalue weighted by molar-refractivity contribution is 9.11. The highest BCUT2D eigenvalue weighted by Gasteiger charge is 2.35. The summed E-state index contributed by atoms with van der Waals surface area (Å²) in [6.07, 6.45) is 0. The highest BCUT2D eigenvalue weighted by Crippen LogP contribution is 2.41. The number of aromatic hydroxyl groups is 1. The normalized spacial score (nSPS) is 10.6. The van der Waals surface area contributed by atoms with Crippen LogP contribution in [0.2, 0.25) is 0 Å². The Hall–Kier alpha value is -5.20. The van der Waals surface area contributed by atoms with Crippen molar-refractivity contribution in [3.8, 4) is 97.6 Å². The van der Waals surface area contributed by atoms with Crippen LogP contribution in [0.4, 0.5) is 70.2 Å². The monoisotopic (exact) mass is 1790 g/mol. The fourth-order valence-electron chi connectivity index (χ4n) is 7.37. The van der Waals surface area contributed by atoms with E-state index in [4.69, 9.17) is 5.11 Å². The maximum Gasteiger partial charge on any atom is 0.332 e. The minimum atomic E-state index is -4.02. The van der Waals surface area contributed by atoms with E-state index in [1.807, 2.05) is 36.7 Å². The van der Waals surface area contributed by atoms with Gasteiger partial charge in [0.2, 0.25) is 0 Å². The molecule has 0 amide bonds. The molecule has 8 aromatic carbocycles. The smallest absolute Gasteiger partial charge is 0.332 e. The summed E-state index contributed by atoms with van der Waals surface area (Å²) in [6, 6.07) is 20.9. The Morgan fingerprint density at radius 1 is 0.433 bits per heavy atom. The van der Waals surface area contributed by atoms with Crippen LogP contribution in [0.3, 0.4) is 0 Å². The van der Waals surface area contributed by atoms with Gasteiger partial charge in [-0.3, -0.25) is 0 Å². The molecule has 0 aliphatic carbocycles. The zero-order chi connectivity index (χ0) is 72.9. The lowest BCUT2D eigenvalue weighted by Crippen LogP contribution is -2.10. The standard InChI is InChI=1S/C26H14BrF7.C12H6BrF3.C12H6F4O.C9H9BrF2.C7H7Br.S10/c1-3-4-5-6-14(2)15-7-8-18(19(28)9-15)16-10-20(29)24(21(30)11-16)17-12-22(31)25(23(32)13-17)26(27,33)34;13-8-1-2-11(12(16)5-8)7-3-9(14)6-10(15)4-7;13-9-5-7(17)1-2-8(9)6-3-10(14)12(16)11(15)4-6;1-5(2)6-3-7(11)9(10)8(12)4-6;1-3-4-5-6-7(2)8;1-3-5-7-9-10-8-6-4-2/h7-14H,1-2H3;1-6H;1-5,17H;3-5H,1-2H3;7H,1-2H3;. The van der Waals surface area contributed by atoms with E-state index < -0.39 is 103 Å². The van der Waals surface area contributed by atoms with Crippen molar-refractivity contribution < 1.29 is 75.4 Å². The number of benzene rings is 8. The van der Waals surface area contributed by atoms with E-state index in [-0.39, 0.29) is 60.3 Å². The predicted molar refractivity (Wildman–Crippen MR) is 394 cm³/mol. The van der Waals surface area contributed by atoms with Crippen LogP contribution in [0.25, 0.3) is 44.5 Å². The van der Waals surface area contributed by atoms with Crippen molar-refractivity contribution in [1.82, 2.24) is 0 Å². The quantitative estimate of drug-likeness (QED) is 0.0743. The third kappa shape index (κ3) is 29.1. The third-order valence-corrected chi connectivity index (χ3v) is 29.0. The first-order chi connectivity index (χ1) is 45.7. The topological polar surface area (TPSA) is 20.2 Å². The van der Waals surface area contributed by atoms with Gasteiger partial charge in [-0.05, 0) is 214 Å². The molecule has 0 bridgehead atoms. The van der Waals surface area contributed by atoms with Crippen LogP contribution in [0, 0.1) is 129 Å². The number of rotatable bonds is 7. The Kier molecular flexibility index (Phi) is 38.5. The number of hydrogen-bond acceptors (Lipinski definition) is 3. The second-order valence-corrected chi connectivity index (χ2v) is 36.9. The maximum atomic E-state index is 14.8. The zero-order valence-corrected chi connectivity index (χ0v) is 64.4. The summed E-state index contributed by atoms with van der Waals surface area (Å²) in [5.74, 6) is 5.99. The molecule has 0 heterocycles. The second-order valence-electron chi connectivity index (χ2n) is 18.7. The van der Waals surface area contributed by atoms with Gasteiger partial charge in [0.25, 0.3) is 0 Å². The molecule has 31 heteroatoms. The molecule has 0 aromatic heterocycles. The summed E-state index contributed by atoms with van der Waals surface area (Å²) in [5.41, 5.74) is -2.05. The zero-order valence-electron chi connectivity index (χ0n) is 49.9. The maximum absolute atomic E-state index is 14.8. The van der Waals surface area contributed by atoms with Gasteiger partial charge >= 0.3 is 4.83 Å². The van der Waals surface area contributed by atoms with Crippen LogP contribution in [-0.2, 0) is 98.3 Å². The summed E-state index contributed by atoms with van der Waals surface area (Å²) in [5, 5.41) is 8.99. The average molecular weight is 1800 g/mol. The lowest BCUT2D eigenvalue weighted by atomic mass is 9.95. The van der Waals surface area contributed by atoms with Crippen LogP contribution in [-0.4, -0.2) is 9.93 Å². The summed E-state index contributed by atoms with van der Waals surface area (Å²) in [7, 11) is 12.7. The van der Waals surface area contributed by atoms with E-state index in [9.17, 15) is 70.2 Å². The molecule has 0 aliphatic rings. The third-order valence-electron chi connectivity index (χ3n) is 11.6. The Labute approximate surface area is 615 Å². The Balaban J connectivity index is 0.000000329. The van der Waals surface area contributed by atoms with Crippen molar-refractivity contribution in [2.75, 3.05) is 0 Å². The van der Waals surface area contributed by atoms with Gasteiger partial charge in [0, 0.05) is 133 Å². The molecule has 0 radical (unpaired) electrons. The van der Waals surface area contributed by atoms with Crippen molar-refractivity contribution >= 4 is 157 Å². The van der Waals surface area contributed by atoms with E-state index in [1.165, 1.54) is 54.2 Å². The summed E-state index contributed by atoms with van der Waals surface area (Å²) in [6.45, 7) is 10.9. The first kappa shape index (κ1) is 86.0. The molecule has 0 saturated carbocycles. The number of phenolic OH excluding ortho intramolecular Hbond substituents is 1. The Morgan fingerprint density at radius 2 is 0.835 bits per heavy atom. The van der Waals surface area contributed by atoms with Gasteiger partial charge in [-0.25, -0.2) is 61.5 Å². The van der Waals surface area contributed by atoms with Crippen molar-refractivity contribution in [3.05, 3.63) is 228 Å². The van der Waals surface area contributed by atoms with Crippen LogP contribution < -0.4 is 0 Å². The number of hydrogen-bond donors (Lipinski definition) is 1. The largest absolute Gasteiger partial charge is 0.508 e. The van der Waals surface area contributed by atoms with Gasteiger partial charge in [0.1, 0.15) is 75.3 Å². The predicted octanol–water partition coefficient (Wildman–Crippen LogP) is 22.1. The fraction of sp³-hybridized carbons (Fsp3) is 0.152. The molecule has 8 rings (SSSR count). The van der Waals surface area contributed by atoms with Gasteiger partial charge in [0.15, 0.2) is 17.5 Å². The molecule has 2 atom stereocenters. The summed E-state index contributed by atoms with van der Waals surface area (Å²) < 4.78 is 217. The van der Waals surface area contributed by atoms with E-state index in [1.54, 1.807) is 86.2 Å². The second kappa shape index (κ2) is 43.5. The number of phenols is 1. The number of alkyl halides is 4. The molecular formula is C66H42Br4F16OS10. The molecule has 0 saturated heterocycles. The van der Waals surface area contributed by atoms with Crippen LogP contribution in [0.1, 0.15) is 70.1 Å². The van der Waals surface area contributed by atoms with Crippen molar-refractivity contribution in [3.63, 3.8) is 0 Å². The van der Waals surface area contributed by atoms with E-state index in [2.05, 4.69) is 118 Å². The Bertz CT molecular complexity index is 4670. The van der Waals surface area contributed by atoms with Crippen LogP contribution in [0.5, 0.6) is 5.75 Å². The van der Waals surface area contributed by atoms with Gasteiger partial charge in [-0.15, -0.1) is 0 Å². The van der Waals surface area contributed by atoms with E-state index >= 15 is 0 Å². The van der Waals surface area contributed by atoms with E-state index in [0.717, 1.165) is 48.5 Å². The lowest BCUT2D eigenvalue weighted by molar-refractivity contribution is 0.105. The molecule has 8 aromatic rings. The molecular weight excluding hydrogens is 1750 g/mol. The summed E-state index contributed by atoms with van der Waals surface area (Å²) in [4.78, 5) is -3.76. The van der Waals surface area contributed by atoms with Gasteiger partial charge < -0.3 is 5.11 Å². The molecule has 0 fully saturated rings. The minimum Gasteiger partial charge on any atom is -0.508 e. The van der Waals surface area contributed by atoms with Crippen molar-refractivity contribution in [2.45, 2.75) is 63.0 Å². The van der Waals surface area contributed by atoms with Gasteiger partial charge in [-0.1, -0.05) is 87.6 Å². The summed E-state index contributed by atoms with van der Waals surface area (Å²) >= 11 is 20.4. The molecule has 1 N–H and O–H groups in total. The van der Waals surface area contributed by atoms with E-state index in [0.29, 0.717) is 39.9 Å². The molecule has 512 valence electrons. The van der Waals surface area contributed by atoms with Crippen LogP contribution in [0.15, 0.2) is 130 Å².